The lowest BCUT2D eigenvalue weighted by molar-refractivity contribution is -0.143. The Kier molecular flexibility index (Phi) is 4.34. The summed E-state index contributed by atoms with van der Waals surface area (Å²) in [5.74, 6) is -1.71. The molecule has 1 unspecified atom stereocenters. The Morgan fingerprint density at radius 1 is 1.44 bits per heavy atom. The van der Waals surface area contributed by atoms with Gasteiger partial charge in [0.2, 0.25) is 0 Å². The minimum atomic E-state index is -1.32. The number of carbonyl (C=O) groups excluding carboxylic acids is 1. The van der Waals surface area contributed by atoms with Gasteiger partial charge in [-0.3, -0.25) is 4.79 Å². The second-order valence-electron chi connectivity index (χ2n) is 4.11. The third kappa shape index (κ3) is 3.01. The van der Waals surface area contributed by atoms with E-state index in [0.29, 0.717) is 4.47 Å². The summed E-state index contributed by atoms with van der Waals surface area (Å²) < 4.78 is 0.468. The topological polar surface area (TPSA) is 86.6 Å². The van der Waals surface area contributed by atoms with Gasteiger partial charge in [0.25, 0.3) is 5.91 Å². The summed E-state index contributed by atoms with van der Waals surface area (Å²) >= 11 is 3.10. The highest BCUT2D eigenvalue weighted by molar-refractivity contribution is 9.10. The van der Waals surface area contributed by atoms with Crippen molar-refractivity contribution in [1.82, 2.24) is 5.32 Å². The number of amides is 1. The van der Waals surface area contributed by atoms with Gasteiger partial charge in [-0.05, 0) is 47.5 Å². The highest BCUT2D eigenvalue weighted by Crippen LogP contribution is 2.24. The number of aromatic hydroxyl groups is 1. The van der Waals surface area contributed by atoms with Crippen molar-refractivity contribution in [2.24, 2.45) is 0 Å². The fourth-order valence-electron chi connectivity index (χ4n) is 1.27. The van der Waals surface area contributed by atoms with Crippen LogP contribution in [-0.2, 0) is 4.79 Å². The molecule has 6 heteroatoms. The summed E-state index contributed by atoms with van der Waals surface area (Å²) in [6, 6.07) is 4.29. The minimum Gasteiger partial charge on any atom is -0.507 e. The number of phenolic OH excluding ortho intramolecular Hbond substituents is 1. The van der Waals surface area contributed by atoms with E-state index in [4.69, 9.17) is 5.11 Å². The number of nitrogens with one attached hydrogen (secondary N) is 1. The van der Waals surface area contributed by atoms with Crippen molar-refractivity contribution in [1.29, 1.82) is 0 Å². The van der Waals surface area contributed by atoms with Crippen LogP contribution in [0.3, 0.4) is 0 Å². The predicted octanol–water partition coefficient (Wildman–Crippen LogP) is 2.14. The molecular weight excluding hydrogens is 302 g/mol. The summed E-state index contributed by atoms with van der Waals surface area (Å²) in [5, 5.41) is 21.0. The third-order valence-corrected chi connectivity index (χ3v) is 3.45. The molecular formula is C12H14BrNO4. The van der Waals surface area contributed by atoms with Crippen LogP contribution in [0.1, 0.15) is 30.6 Å². The van der Waals surface area contributed by atoms with Crippen LogP contribution in [0.15, 0.2) is 22.7 Å². The van der Waals surface area contributed by atoms with E-state index in [2.05, 4.69) is 21.2 Å². The molecule has 1 atom stereocenters. The zero-order chi connectivity index (χ0) is 13.9. The standard InChI is InChI=1S/C12H14BrNO4/c1-3-12(2,11(17)18)14-10(16)7-4-5-8(13)9(15)6-7/h4-6,15H,3H2,1-2H3,(H,14,16)(H,17,18). The van der Waals surface area contributed by atoms with Crippen molar-refractivity contribution in [2.75, 3.05) is 0 Å². The third-order valence-electron chi connectivity index (χ3n) is 2.78. The summed E-state index contributed by atoms with van der Waals surface area (Å²) in [6.07, 6.45) is 0.260. The Bertz CT molecular complexity index is 489. The van der Waals surface area contributed by atoms with E-state index in [1.54, 1.807) is 6.92 Å². The van der Waals surface area contributed by atoms with Gasteiger partial charge in [0, 0.05) is 5.56 Å². The van der Waals surface area contributed by atoms with E-state index in [9.17, 15) is 14.7 Å². The SMILES string of the molecule is CCC(C)(NC(=O)c1ccc(Br)c(O)c1)C(=O)O. The van der Waals surface area contributed by atoms with Crippen molar-refractivity contribution in [3.8, 4) is 5.75 Å². The first-order valence-corrected chi connectivity index (χ1v) is 6.14. The number of aliphatic carboxylic acids is 1. The summed E-state index contributed by atoms with van der Waals surface area (Å²) in [6.45, 7) is 3.11. The quantitative estimate of drug-likeness (QED) is 0.794. The number of halogens is 1. The van der Waals surface area contributed by atoms with E-state index in [0.717, 1.165) is 0 Å². The van der Waals surface area contributed by atoms with Gasteiger partial charge in [-0.1, -0.05) is 6.92 Å². The molecule has 1 aromatic carbocycles. The number of hydrogen-bond donors (Lipinski definition) is 3. The molecule has 5 nitrogen and oxygen atoms in total. The minimum absolute atomic E-state index is 0.0730. The van der Waals surface area contributed by atoms with Crippen molar-refractivity contribution in [3.63, 3.8) is 0 Å². The summed E-state index contributed by atoms with van der Waals surface area (Å²) in [7, 11) is 0. The lowest BCUT2D eigenvalue weighted by atomic mass is 9.98. The molecule has 1 amide bonds. The molecule has 1 aromatic rings. The van der Waals surface area contributed by atoms with Gasteiger partial charge in [0.1, 0.15) is 11.3 Å². The molecule has 0 fully saturated rings. The van der Waals surface area contributed by atoms with Crippen molar-refractivity contribution in [2.45, 2.75) is 25.8 Å². The van der Waals surface area contributed by atoms with Gasteiger partial charge >= 0.3 is 5.97 Å². The van der Waals surface area contributed by atoms with Crippen LogP contribution >= 0.6 is 15.9 Å². The number of benzene rings is 1. The first-order valence-electron chi connectivity index (χ1n) is 5.34. The number of hydrogen-bond acceptors (Lipinski definition) is 3. The van der Waals surface area contributed by atoms with Gasteiger partial charge in [-0.2, -0.15) is 0 Å². The molecule has 0 spiro atoms. The van der Waals surface area contributed by atoms with Crippen LogP contribution in [0.4, 0.5) is 0 Å². The van der Waals surface area contributed by atoms with Gasteiger partial charge in [-0.15, -0.1) is 0 Å². The molecule has 0 aliphatic carbocycles. The monoisotopic (exact) mass is 315 g/mol. The fourth-order valence-corrected chi connectivity index (χ4v) is 1.52. The molecule has 1 rings (SSSR count). The molecule has 0 heterocycles. The van der Waals surface area contributed by atoms with E-state index in [-0.39, 0.29) is 17.7 Å². The second kappa shape index (κ2) is 5.39. The number of carbonyl (C=O) groups is 2. The van der Waals surface area contributed by atoms with Crippen LogP contribution in [0.2, 0.25) is 0 Å². The van der Waals surface area contributed by atoms with Crippen LogP contribution in [-0.4, -0.2) is 27.6 Å². The van der Waals surface area contributed by atoms with Crippen molar-refractivity contribution < 1.29 is 19.8 Å². The Labute approximate surface area is 113 Å². The van der Waals surface area contributed by atoms with Gasteiger partial charge in [-0.25, -0.2) is 4.79 Å². The Balaban J connectivity index is 2.95. The maximum atomic E-state index is 11.9. The van der Waals surface area contributed by atoms with Crippen molar-refractivity contribution >= 4 is 27.8 Å². The van der Waals surface area contributed by atoms with Crippen LogP contribution in [0.5, 0.6) is 5.75 Å². The maximum absolute atomic E-state index is 11.9. The zero-order valence-corrected chi connectivity index (χ0v) is 11.6. The number of phenols is 1. The average Bonchev–Trinajstić information content (AvgIpc) is 2.32. The van der Waals surface area contributed by atoms with E-state index < -0.39 is 17.4 Å². The second-order valence-corrected chi connectivity index (χ2v) is 4.97. The average molecular weight is 316 g/mol. The molecule has 0 aromatic heterocycles. The fraction of sp³-hybridized carbons (Fsp3) is 0.333. The number of carboxylic acid groups (broad SMARTS) is 1. The van der Waals surface area contributed by atoms with E-state index in [1.165, 1.54) is 25.1 Å². The lowest BCUT2D eigenvalue weighted by Crippen LogP contribution is -2.51. The van der Waals surface area contributed by atoms with Gasteiger partial charge < -0.3 is 15.5 Å². The highest BCUT2D eigenvalue weighted by Gasteiger charge is 2.33. The normalized spacial score (nSPS) is 13.7. The van der Waals surface area contributed by atoms with E-state index >= 15 is 0 Å². The Morgan fingerprint density at radius 3 is 2.50 bits per heavy atom. The van der Waals surface area contributed by atoms with Gasteiger partial charge in [0.05, 0.1) is 4.47 Å². The predicted molar refractivity (Wildman–Crippen MR) is 69.6 cm³/mol. The first kappa shape index (κ1) is 14.5. The van der Waals surface area contributed by atoms with Crippen LogP contribution < -0.4 is 5.32 Å². The van der Waals surface area contributed by atoms with E-state index in [1.807, 2.05) is 0 Å². The highest BCUT2D eigenvalue weighted by atomic mass is 79.9. The lowest BCUT2D eigenvalue weighted by Gasteiger charge is -2.24. The summed E-state index contributed by atoms with van der Waals surface area (Å²) in [5.41, 5.74) is -1.11. The molecule has 0 aliphatic rings. The number of carboxylic acids is 1. The Morgan fingerprint density at radius 2 is 2.06 bits per heavy atom. The molecule has 0 aliphatic heterocycles. The molecule has 18 heavy (non-hydrogen) atoms. The zero-order valence-electron chi connectivity index (χ0n) is 10.0. The largest absolute Gasteiger partial charge is 0.507 e. The van der Waals surface area contributed by atoms with Crippen LogP contribution in [0, 0.1) is 0 Å². The molecule has 0 saturated heterocycles. The molecule has 3 N–H and O–H groups in total. The molecule has 0 radical (unpaired) electrons. The number of rotatable bonds is 4. The Hall–Kier alpha value is -1.56. The van der Waals surface area contributed by atoms with Crippen LogP contribution in [0.25, 0.3) is 0 Å². The first-order chi connectivity index (χ1) is 8.30. The molecule has 98 valence electrons. The smallest absolute Gasteiger partial charge is 0.329 e. The maximum Gasteiger partial charge on any atom is 0.329 e. The molecule has 0 bridgehead atoms. The summed E-state index contributed by atoms with van der Waals surface area (Å²) in [4.78, 5) is 23.0. The molecule has 0 saturated carbocycles. The van der Waals surface area contributed by atoms with Gasteiger partial charge in [0.15, 0.2) is 0 Å². The van der Waals surface area contributed by atoms with Crippen molar-refractivity contribution in [3.05, 3.63) is 28.2 Å².